The molecular weight excluding hydrogens is 251 g/mol. The lowest BCUT2D eigenvalue weighted by Gasteiger charge is -2.07. The normalized spacial score (nSPS) is 10.7. The number of nitrogens with two attached hydrogens (primary N) is 1. The molecule has 5 nitrogen and oxygen atoms in total. The molecule has 0 aliphatic heterocycles. The van der Waals surface area contributed by atoms with Crippen molar-refractivity contribution in [2.75, 3.05) is 25.5 Å². The third-order valence-electron chi connectivity index (χ3n) is 1.91. The summed E-state index contributed by atoms with van der Waals surface area (Å²) in [4.78, 5) is 15.0. The maximum absolute atomic E-state index is 12.8. The van der Waals surface area contributed by atoms with E-state index in [1.54, 1.807) is 0 Å². The highest BCUT2D eigenvalue weighted by atomic mass is 19.3. The third kappa shape index (κ3) is 4.58. The van der Waals surface area contributed by atoms with Gasteiger partial charge in [-0.2, -0.15) is 0 Å². The summed E-state index contributed by atoms with van der Waals surface area (Å²) in [6, 6.07) is 0.942. The van der Waals surface area contributed by atoms with Gasteiger partial charge in [0.05, 0.1) is 18.4 Å². The standard InChI is InChI=1S/C10H12F3N3O2/c11-6-3-7(9(14)16-4-6)10(17)15-1-2-18-5-8(12)13/h3-4,8H,1-2,5H2,(H2,14,16)(H,15,17). The molecule has 1 amide bonds. The predicted octanol–water partition coefficient (Wildman–Crippen LogP) is 0.814. The molecule has 0 saturated heterocycles. The lowest BCUT2D eigenvalue weighted by atomic mass is 10.2. The molecule has 0 saturated carbocycles. The fourth-order valence-electron chi connectivity index (χ4n) is 1.14. The van der Waals surface area contributed by atoms with Gasteiger partial charge in [0.2, 0.25) is 0 Å². The first-order valence-electron chi connectivity index (χ1n) is 5.06. The van der Waals surface area contributed by atoms with Crippen molar-refractivity contribution in [1.29, 1.82) is 0 Å². The highest BCUT2D eigenvalue weighted by molar-refractivity contribution is 5.98. The van der Waals surface area contributed by atoms with E-state index in [1.165, 1.54) is 0 Å². The minimum atomic E-state index is -2.55. The number of nitrogen functional groups attached to an aromatic ring is 1. The van der Waals surface area contributed by atoms with Crippen molar-refractivity contribution in [3.63, 3.8) is 0 Å². The molecule has 0 atom stereocenters. The second-order valence-corrected chi connectivity index (χ2v) is 3.31. The van der Waals surface area contributed by atoms with Crippen LogP contribution in [0.4, 0.5) is 19.0 Å². The number of nitrogens with one attached hydrogen (secondary N) is 1. The molecule has 0 spiro atoms. The predicted molar refractivity (Wildman–Crippen MR) is 57.8 cm³/mol. The van der Waals surface area contributed by atoms with E-state index in [0.29, 0.717) is 0 Å². The van der Waals surface area contributed by atoms with Crippen LogP contribution in [0.25, 0.3) is 0 Å². The van der Waals surface area contributed by atoms with Crippen LogP contribution in [0, 0.1) is 5.82 Å². The van der Waals surface area contributed by atoms with Crippen molar-refractivity contribution in [1.82, 2.24) is 10.3 Å². The summed E-state index contributed by atoms with van der Waals surface area (Å²) >= 11 is 0. The van der Waals surface area contributed by atoms with E-state index in [-0.39, 0.29) is 24.5 Å². The molecule has 3 N–H and O–H groups in total. The molecule has 1 rings (SSSR count). The molecule has 8 heteroatoms. The van der Waals surface area contributed by atoms with Gasteiger partial charge in [0.15, 0.2) is 0 Å². The van der Waals surface area contributed by atoms with Crippen LogP contribution in [-0.2, 0) is 4.74 Å². The van der Waals surface area contributed by atoms with Gasteiger partial charge >= 0.3 is 0 Å². The van der Waals surface area contributed by atoms with Gasteiger partial charge in [-0.05, 0) is 6.07 Å². The average molecular weight is 263 g/mol. The summed E-state index contributed by atoms with van der Waals surface area (Å²) in [5.74, 6) is -1.44. The first-order chi connectivity index (χ1) is 8.50. The highest BCUT2D eigenvalue weighted by Gasteiger charge is 2.11. The zero-order valence-corrected chi connectivity index (χ0v) is 9.33. The molecule has 0 fully saturated rings. The third-order valence-corrected chi connectivity index (χ3v) is 1.91. The van der Waals surface area contributed by atoms with Crippen LogP contribution in [0.1, 0.15) is 10.4 Å². The molecule has 0 aliphatic carbocycles. The fourth-order valence-corrected chi connectivity index (χ4v) is 1.14. The quantitative estimate of drug-likeness (QED) is 0.745. The van der Waals surface area contributed by atoms with Gasteiger partial charge in [0, 0.05) is 6.54 Å². The maximum atomic E-state index is 12.8. The average Bonchev–Trinajstić information content (AvgIpc) is 2.31. The van der Waals surface area contributed by atoms with Gasteiger partial charge in [0.1, 0.15) is 18.2 Å². The van der Waals surface area contributed by atoms with E-state index < -0.39 is 24.8 Å². The number of alkyl halides is 2. The van der Waals surface area contributed by atoms with Gasteiger partial charge in [0.25, 0.3) is 12.3 Å². The number of halogens is 3. The Hall–Kier alpha value is -1.83. The molecular formula is C10H12F3N3O2. The summed E-state index contributed by atoms with van der Waals surface area (Å²) < 4.78 is 40.8. The topological polar surface area (TPSA) is 77.2 Å². The monoisotopic (exact) mass is 263 g/mol. The highest BCUT2D eigenvalue weighted by Crippen LogP contribution is 2.09. The number of carbonyl (C=O) groups excluding carboxylic acids is 1. The van der Waals surface area contributed by atoms with Crippen LogP contribution in [0.15, 0.2) is 12.3 Å². The van der Waals surface area contributed by atoms with E-state index in [2.05, 4.69) is 15.0 Å². The second kappa shape index (κ2) is 6.80. The Morgan fingerprint density at radius 3 is 2.94 bits per heavy atom. The smallest absolute Gasteiger partial charge is 0.261 e. The van der Waals surface area contributed by atoms with Gasteiger partial charge in [-0.25, -0.2) is 18.2 Å². The summed E-state index contributed by atoms with van der Waals surface area (Å²) in [6.07, 6.45) is -1.67. The Labute approximate surface area is 101 Å². The van der Waals surface area contributed by atoms with Crippen molar-refractivity contribution in [3.05, 3.63) is 23.6 Å². The van der Waals surface area contributed by atoms with Crippen molar-refractivity contribution in [2.24, 2.45) is 0 Å². The van der Waals surface area contributed by atoms with Gasteiger partial charge < -0.3 is 15.8 Å². The van der Waals surface area contributed by atoms with Crippen LogP contribution in [0.5, 0.6) is 0 Å². The number of anilines is 1. The Kier molecular flexibility index (Phi) is 5.37. The van der Waals surface area contributed by atoms with Crippen molar-refractivity contribution < 1.29 is 22.7 Å². The molecule has 0 radical (unpaired) electrons. The Bertz CT molecular complexity index is 415. The van der Waals surface area contributed by atoms with Gasteiger partial charge in [-0.1, -0.05) is 0 Å². The zero-order valence-electron chi connectivity index (χ0n) is 9.33. The number of hydrogen-bond acceptors (Lipinski definition) is 4. The number of rotatable bonds is 6. The maximum Gasteiger partial charge on any atom is 0.261 e. The number of hydrogen-bond donors (Lipinski definition) is 2. The summed E-state index contributed by atoms with van der Waals surface area (Å²) in [7, 11) is 0. The Balaban J connectivity index is 2.39. The van der Waals surface area contributed by atoms with E-state index in [4.69, 9.17) is 5.73 Å². The molecule has 0 aromatic carbocycles. The van der Waals surface area contributed by atoms with Crippen molar-refractivity contribution in [2.45, 2.75) is 6.43 Å². The summed E-state index contributed by atoms with van der Waals surface area (Å²) in [5, 5.41) is 2.35. The zero-order chi connectivity index (χ0) is 13.5. The number of ether oxygens (including phenoxy) is 1. The number of carbonyl (C=O) groups is 1. The molecule has 1 heterocycles. The Morgan fingerprint density at radius 2 is 2.28 bits per heavy atom. The summed E-state index contributed by atoms with van der Waals surface area (Å²) in [5.41, 5.74) is 5.28. The number of pyridine rings is 1. The SMILES string of the molecule is Nc1ncc(F)cc1C(=O)NCCOCC(F)F. The molecule has 100 valence electrons. The lowest BCUT2D eigenvalue weighted by molar-refractivity contribution is 0.0188. The van der Waals surface area contributed by atoms with E-state index in [1.807, 2.05) is 0 Å². The number of amides is 1. The second-order valence-electron chi connectivity index (χ2n) is 3.31. The minimum Gasteiger partial charge on any atom is -0.383 e. The Morgan fingerprint density at radius 1 is 1.56 bits per heavy atom. The molecule has 0 aliphatic rings. The lowest BCUT2D eigenvalue weighted by Crippen LogP contribution is -2.28. The minimum absolute atomic E-state index is 0.0154. The molecule has 1 aromatic rings. The molecule has 1 aromatic heterocycles. The van der Waals surface area contributed by atoms with Gasteiger partial charge in [-0.15, -0.1) is 0 Å². The van der Waals surface area contributed by atoms with Crippen LogP contribution < -0.4 is 11.1 Å². The number of nitrogens with zero attached hydrogens (tertiary/aromatic N) is 1. The fraction of sp³-hybridized carbons (Fsp3) is 0.400. The largest absolute Gasteiger partial charge is 0.383 e. The van der Waals surface area contributed by atoms with Crippen LogP contribution in [-0.4, -0.2) is 37.1 Å². The van der Waals surface area contributed by atoms with Crippen LogP contribution in [0.3, 0.4) is 0 Å². The first-order valence-corrected chi connectivity index (χ1v) is 5.06. The van der Waals surface area contributed by atoms with Crippen molar-refractivity contribution >= 4 is 11.7 Å². The van der Waals surface area contributed by atoms with Crippen LogP contribution in [0.2, 0.25) is 0 Å². The van der Waals surface area contributed by atoms with E-state index in [0.717, 1.165) is 12.3 Å². The van der Waals surface area contributed by atoms with Gasteiger partial charge in [-0.3, -0.25) is 4.79 Å². The van der Waals surface area contributed by atoms with Crippen molar-refractivity contribution in [3.8, 4) is 0 Å². The van der Waals surface area contributed by atoms with Crippen LogP contribution >= 0.6 is 0 Å². The molecule has 0 unspecified atom stereocenters. The number of aromatic nitrogens is 1. The first kappa shape index (κ1) is 14.2. The summed E-state index contributed by atoms with van der Waals surface area (Å²) in [6.45, 7) is -0.750. The molecule has 18 heavy (non-hydrogen) atoms. The molecule has 0 bridgehead atoms. The van der Waals surface area contributed by atoms with E-state index in [9.17, 15) is 18.0 Å². The van der Waals surface area contributed by atoms with E-state index >= 15 is 0 Å².